The van der Waals surface area contributed by atoms with Crippen LogP contribution in [0.2, 0.25) is 5.02 Å². The number of carbonyl (C=O) groups is 1. The van der Waals surface area contributed by atoms with Crippen LogP contribution in [0.25, 0.3) is 0 Å². The van der Waals surface area contributed by atoms with Crippen molar-refractivity contribution < 1.29 is 14.3 Å². The summed E-state index contributed by atoms with van der Waals surface area (Å²) in [4.78, 5) is 11.0. The van der Waals surface area contributed by atoms with E-state index in [1.54, 1.807) is 13.0 Å². The van der Waals surface area contributed by atoms with Crippen LogP contribution >= 0.6 is 27.5 Å². The number of nitrogens with one attached hydrogen (secondary N) is 1. The summed E-state index contributed by atoms with van der Waals surface area (Å²) in [5.74, 6) is -0.341. The Morgan fingerprint density at radius 3 is 2.94 bits per heavy atom. The monoisotopic (exact) mass is 335 g/mol. The first kappa shape index (κ1) is 15.3. The van der Waals surface area contributed by atoms with Gasteiger partial charge < -0.3 is 14.8 Å². The van der Waals surface area contributed by atoms with Gasteiger partial charge in [-0.05, 0) is 41.1 Å². The molecule has 0 heterocycles. The number of hydrogen-bond donors (Lipinski definition) is 1. The average Bonchev–Trinajstić information content (AvgIpc) is 2.33. The quantitative estimate of drug-likeness (QED) is 0.614. The summed E-state index contributed by atoms with van der Waals surface area (Å²) >= 11 is 9.22. The zero-order valence-electron chi connectivity index (χ0n) is 10.0. The van der Waals surface area contributed by atoms with Crippen LogP contribution in [0.15, 0.2) is 22.7 Å². The van der Waals surface area contributed by atoms with Crippen LogP contribution in [-0.2, 0) is 14.3 Å². The highest BCUT2D eigenvalue weighted by atomic mass is 79.9. The maximum absolute atomic E-state index is 11.0. The van der Waals surface area contributed by atoms with Gasteiger partial charge in [0.25, 0.3) is 0 Å². The van der Waals surface area contributed by atoms with Crippen molar-refractivity contribution in [2.45, 2.75) is 6.92 Å². The lowest BCUT2D eigenvalue weighted by atomic mass is 10.3. The molecule has 0 atom stereocenters. The van der Waals surface area contributed by atoms with Gasteiger partial charge in [0.15, 0.2) is 0 Å². The number of benzene rings is 1. The first-order valence-electron chi connectivity index (χ1n) is 5.55. The van der Waals surface area contributed by atoms with Gasteiger partial charge in [-0.1, -0.05) is 11.6 Å². The Balaban J connectivity index is 2.18. The fourth-order valence-electron chi connectivity index (χ4n) is 1.23. The van der Waals surface area contributed by atoms with Crippen LogP contribution in [0.4, 0.5) is 5.69 Å². The van der Waals surface area contributed by atoms with E-state index >= 15 is 0 Å². The van der Waals surface area contributed by atoms with Crippen LogP contribution in [0.1, 0.15) is 6.92 Å². The van der Waals surface area contributed by atoms with Gasteiger partial charge in [0, 0.05) is 16.7 Å². The predicted octanol–water partition coefficient (Wildman–Crippen LogP) is 3.09. The molecule has 0 aliphatic rings. The van der Waals surface area contributed by atoms with E-state index in [1.165, 1.54) is 0 Å². The van der Waals surface area contributed by atoms with E-state index in [0.29, 0.717) is 24.8 Å². The topological polar surface area (TPSA) is 47.6 Å². The smallest absolute Gasteiger partial charge is 0.332 e. The van der Waals surface area contributed by atoms with E-state index in [0.717, 1.165) is 10.2 Å². The molecule has 0 saturated heterocycles. The Bertz CT molecular complexity index is 401. The van der Waals surface area contributed by atoms with Crippen molar-refractivity contribution >= 4 is 39.2 Å². The van der Waals surface area contributed by atoms with Gasteiger partial charge in [-0.15, -0.1) is 0 Å². The van der Waals surface area contributed by atoms with Crippen LogP contribution in [0.3, 0.4) is 0 Å². The highest BCUT2D eigenvalue weighted by Crippen LogP contribution is 2.25. The number of carbonyl (C=O) groups excluding carboxylic acids is 1. The third-order valence-electron chi connectivity index (χ3n) is 2.02. The highest BCUT2D eigenvalue weighted by molar-refractivity contribution is 9.10. The van der Waals surface area contributed by atoms with E-state index < -0.39 is 0 Å². The normalized spacial score (nSPS) is 10.2. The first-order valence-corrected chi connectivity index (χ1v) is 6.73. The molecule has 100 valence electrons. The zero-order chi connectivity index (χ0) is 13.4. The molecule has 0 aliphatic carbocycles. The second-order valence-electron chi connectivity index (χ2n) is 3.41. The van der Waals surface area contributed by atoms with Crippen molar-refractivity contribution in [3.63, 3.8) is 0 Å². The molecule has 1 aromatic carbocycles. The number of ether oxygens (including phenoxy) is 2. The Morgan fingerprint density at radius 1 is 1.50 bits per heavy atom. The lowest BCUT2D eigenvalue weighted by Crippen LogP contribution is -2.16. The molecular formula is C12H15BrClNO3. The maximum atomic E-state index is 11.0. The molecule has 0 fully saturated rings. The van der Waals surface area contributed by atoms with Crippen LogP contribution in [0.5, 0.6) is 0 Å². The Morgan fingerprint density at radius 2 is 2.28 bits per heavy atom. The number of anilines is 1. The lowest BCUT2D eigenvalue weighted by Gasteiger charge is -2.08. The lowest BCUT2D eigenvalue weighted by molar-refractivity contribution is -0.148. The number of rotatable bonds is 7. The Labute approximate surface area is 120 Å². The molecule has 4 nitrogen and oxygen atoms in total. The summed E-state index contributed by atoms with van der Waals surface area (Å²) in [7, 11) is 0. The zero-order valence-corrected chi connectivity index (χ0v) is 12.4. The predicted molar refractivity (Wildman–Crippen MR) is 75.1 cm³/mol. The van der Waals surface area contributed by atoms with Gasteiger partial charge in [-0.3, -0.25) is 0 Å². The van der Waals surface area contributed by atoms with Crippen molar-refractivity contribution in [2.24, 2.45) is 0 Å². The molecule has 0 unspecified atom stereocenters. The Hall–Kier alpha value is -0.780. The minimum Gasteiger partial charge on any atom is -0.464 e. The number of halogens is 2. The molecule has 18 heavy (non-hydrogen) atoms. The van der Waals surface area contributed by atoms with Gasteiger partial charge >= 0.3 is 5.97 Å². The molecule has 0 amide bonds. The molecule has 0 spiro atoms. The van der Waals surface area contributed by atoms with Gasteiger partial charge in [0.2, 0.25) is 0 Å². The summed E-state index contributed by atoms with van der Waals surface area (Å²) < 4.78 is 10.7. The summed E-state index contributed by atoms with van der Waals surface area (Å²) in [6.07, 6.45) is 0. The second-order valence-corrected chi connectivity index (χ2v) is 4.67. The summed E-state index contributed by atoms with van der Waals surface area (Å²) in [5.41, 5.74) is 0.936. The third kappa shape index (κ3) is 5.71. The molecule has 0 radical (unpaired) electrons. The van der Waals surface area contributed by atoms with Gasteiger partial charge in [-0.2, -0.15) is 0 Å². The van der Waals surface area contributed by atoms with Crippen LogP contribution < -0.4 is 5.32 Å². The molecule has 1 rings (SSSR count). The van der Waals surface area contributed by atoms with Crippen molar-refractivity contribution in [3.8, 4) is 0 Å². The van der Waals surface area contributed by atoms with Gasteiger partial charge in [0.05, 0.1) is 18.2 Å². The molecule has 0 aliphatic heterocycles. The fraction of sp³-hybridized carbons (Fsp3) is 0.417. The molecular weight excluding hydrogens is 321 g/mol. The van der Waals surface area contributed by atoms with Gasteiger partial charge in [0.1, 0.15) is 6.61 Å². The van der Waals surface area contributed by atoms with E-state index in [9.17, 15) is 4.79 Å². The largest absolute Gasteiger partial charge is 0.464 e. The minimum atomic E-state index is -0.341. The first-order chi connectivity index (χ1) is 8.63. The summed E-state index contributed by atoms with van der Waals surface area (Å²) in [5, 5.41) is 3.82. The number of hydrogen-bond acceptors (Lipinski definition) is 4. The van der Waals surface area contributed by atoms with E-state index in [-0.39, 0.29) is 12.6 Å². The Kier molecular flexibility index (Phi) is 7.08. The van der Waals surface area contributed by atoms with Crippen LogP contribution in [-0.4, -0.2) is 32.3 Å². The molecule has 0 saturated carbocycles. The SMILES string of the molecule is CCOC(=O)COCCNc1ccc(Cl)c(Br)c1. The van der Waals surface area contributed by atoms with E-state index in [1.807, 2.05) is 12.1 Å². The number of esters is 1. The van der Waals surface area contributed by atoms with E-state index in [4.69, 9.17) is 21.1 Å². The molecule has 0 aromatic heterocycles. The average molecular weight is 337 g/mol. The van der Waals surface area contributed by atoms with E-state index in [2.05, 4.69) is 21.2 Å². The summed E-state index contributed by atoms with van der Waals surface area (Å²) in [6, 6.07) is 5.56. The molecule has 0 bridgehead atoms. The molecule has 6 heteroatoms. The minimum absolute atomic E-state index is 0.0141. The van der Waals surface area contributed by atoms with Crippen molar-refractivity contribution in [3.05, 3.63) is 27.7 Å². The maximum Gasteiger partial charge on any atom is 0.332 e. The van der Waals surface area contributed by atoms with Gasteiger partial charge in [-0.25, -0.2) is 4.79 Å². The summed E-state index contributed by atoms with van der Waals surface area (Å²) in [6.45, 7) is 3.16. The van der Waals surface area contributed by atoms with Crippen LogP contribution in [0, 0.1) is 0 Å². The van der Waals surface area contributed by atoms with Crippen molar-refractivity contribution in [2.75, 3.05) is 31.7 Å². The van der Waals surface area contributed by atoms with Crippen molar-refractivity contribution in [1.82, 2.24) is 0 Å². The molecule has 1 N–H and O–H groups in total. The molecule has 1 aromatic rings. The fourth-order valence-corrected chi connectivity index (χ4v) is 1.73. The van der Waals surface area contributed by atoms with Crippen molar-refractivity contribution in [1.29, 1.82) is 0 Å². The standard InChI is InChI=1S/C12H15BrClNO3/c1-2-18-12(16)8-17-6-5-15-9-3-4-11(14)10(13)7-9/h3-4,7,15H,2,5-6,8H2,1H3. The second kappa shape index (κ2) is 8.34. The highest BCUT2D eigenvalue weighted by Gasteiger charge is 2.01. The third-order valence-corrected chi connectivity index (χ3v) is 3.23.